The van der Waals surface area contributed by atoms with Gasteiger partial charge in [0.2, 0.25) is 0 Å². The van der Waals surface area contributed by atoms with Crippen molar-refractivity contribution in [3.8, 4) is 0 Å². The summed E-state index contributed by atoms with van der Waals surface area (Å²) in [5, 5.41) is 8.42. The average Bonchev–Trinajstić information content (AvgIpc) is 3.24. The van der Waals surface area contributed by atoms with Gasteiger partial charge in [0.25, 0.3) is 10.2 Å². The molecule has 0 N–H and O–H groups in total. The first-order chi connectivity index (χ1) is 10.8. The molecule has 1 saturated carbocycles. The molecule has 8 heteroatoms. The van der Waals surface area contributed by atoms with Crippen LogP contribution in [0.3, 0.4) is 0 Å². The first-order valence-corrected chi connectivity index (χ1v) is 9.78. The molecular weight excluding hydrogens is 314 g/mol. The molecule has 0 radical (unpaired) electrons. The van der Waals surface area contributed by atoms with Crippen molar-refractivity contribution in [2.24, 2.45) is 18.9 Å². The van der Waals surface area contributed by atoms with Crippen molar-refractivity contribution in [2.45, 2.75) is 45.6 Å². The molecule has 1 saturated heterocycles. The van der Waals surface area contributed by atoms with E-state index in [1.165, 1.54) is 4.31 Å². The van der Waals surface area contributed by atoms with Crippen molar-refractivity contribution >= 4 is 10.2 Å². The number of aromatic nitrogens is 3. The van der Waals surface area contributed by atoms with Gasteiger partial charge in [-0.2, -0.15) is 17.0 Å². The normalized spacial score (nSPS) is 26.8. The van der Waals surface area contributed by atoms with E-state index in [-0.39, 0.29) is 6.54 Å². The van der Waals surface area contributed by atoms with Crippen molar-refractivity contribution in [1.29, 1.82) is 0 Å². The molecule has 130 valence electrons. The largest absolute Gasteiger partial charge is 0.317 e. The quantitative estimate of drug-likeness (QED) is 0.810. The number of hydrogen-bond donors (Lipinski definition) is 0. The van der Waals surface area contributed by atoms with Gasteiger partial charge >= 0.3 is 0 Å². The van der Waals surface area contributed by atoms with E-state index in [1.807, 2.05) is 11.6 Å². The molecular formula is C15H27N5O2S. The van der Waals surface area contributed by atoms with E-state index in [0.717, 1.165) is 25.1 Å². The van der Waals surface area contributed by atoms with E-state index < -0.39 is 10.2 Å². The molecule has 1 aliphatic heterocycles. The van der Waals surface area contributed by atoms with E-state index in [9.17, 15) is 8.42 Å². The summed E-state index contributed by atoms with van der Waals surface area (Å²) in [4.78, 5) is 0. The highest BCUT2D eigenvalue weighted by Crippen LogP contribution is 2.38. The first-order valence-electron chi connectivity index (χ1n) is 8.38. The molecule has 23 heavy (non-hydrogen) atoms. The maximum absolute atomic E-state index is 12.8. The van der Waals surface area contributed by atoms with Gasteiger partial charge in [0.1, 0.15) is 11.6 Å². The van der Waals surface area contributed by atoms with Gasteiger partial charge < -0.3 is 4.57 Å². The summed E-state index contributed by atoms with van der Waals surface area (Å²) in [5.74, 6) is 2.99. The van der Waals surface area contributed by atoms with Gasteiger partial charge in [-0.15, -0.1) is 10.2 Å². The minimum Gasteiger partial charge on any atom is -0.317 e. The third kappa shape index (κ3) is 3.44. The number of nitrogens with zero attached hydrogens (tertiary/aromatic N) is 5. The molecule has 1 aliphatic carbocycles. The van der Waals surface area contributed by atoms with Crippen LogP contribution in [0.25, 0.3) is 0 Å². The lowest BCUT2D eigenvalue weighted by molar-refractivity contribution is 0.210. The lowest BCUT2D eigenvalue weighted by atomic mass is 9.94. The molecule has 0 aromatic carbocycles. The fraction of sp³-hybridized carbons (Fsp3) is 0.867. The molecule has 0 amide bonds. The summed E-state index contributed by atoms with van der Waals surface area (Å²) < 4.78 is 30.6. The van der Waals surface area contributed by atoms with E-state index in [0.29, 0.717) is 36.7 Å². The Balaban J connectivity index is 1.72. The summed E-state index contributed by atoms with van der Waals surface area (Å²) >= 11 is 0. The Morgan fingerprint density at radius 3 is 2.35 bits per heavy atom. The molecule has 0 spiro atoms. The second kappa shape index (κ2) is 6.14. The van der Waals surface area contributed by atoms with Crippen LogP contribution in [0.15, 0.2) is 0 Å². The van der Waals surface area contributed by atoms with Gasteiger partial charge in [-0.3, -0.25) is 0 Å². The fourth-order valence-corrected chi connectivity index (χ4v) is 5.04. The van der Waals surface area contributed by atoms with E-state index >= 15 is 0 Å². The van der Waals surface area contributed by atoms with Crippen LogP contribution in [0.2, 0.25) is 0 Å². The van der Waals surface area contributed by atoms with Gasteiger partial charge in [0, 0.05) is 33.1 Å². The van der Waals surface area contributed by atoms with Crippen molar-refractivity contribution in [2.75, 3.05) is 20.1 Å². The van der Waals surface area contributed by atoms with Crippen LogP contribution in [-0.2, 0) is 23.8 Å². The third-order valence-corrected chi connectivity index (χ3v) is 6.73. The van der Waals surface area contributed by atoms with Gasteiger partial charge in [0.15, 0.2) is 0 Å². The molecule has 2 unspecified atom stereocenters. The number of hydrogen-bond acceptors (Lipinski definition) is 4. The first kappa shape index (κ1) is 16.9. The highest BCUT2D eigenvalue weighted by Gasteiger charge is 2.34. The standard InChI is InChI=1S/C15H27N5O2S/c1-11-7-12(2)9-20(8-11)23(21,22)18(3)10-14-16-17-15(19(14)4)13-5-6-13/h11-13H,5-10H2,1-4H3. The van der Waals surface area contributed by atoms with E-state index in [1.54, 1.807) is 11.4 Å². The maximum Gasteiger partial charge on any atom is 0.282 e. The van der Waals surface area contributed by atoms with Crippen molar-refractivity contribution in [1.82, 2.24) is 23.4 Å². The Morgan fingerprint density at radius 1 is 1.17 bits per heavy atom. The van der Waals surface area contributed by atoms with Crippen LogP contribution < -0.4 is 0 Å². The van der Waals surface area contributed by atoms with Gasteiger partial charge in [-0.1, -0.05) is 13.8 Å². The van der Waals surface area contributed by atoms with Crippen LogP contribution in [0, 0.1) is 11.8 Å². The molecule has 2 aliphatic rings. The zero-order valence-corrected chi connectivity index (χ0v) is 15.3. The van der Waals surface area contributed by atoms with E-state index in [2.05, 4.69) is 24.0 Å². The molecule has 1 aromatic rings. The van der Waals surface area contributed by atoms with Crippen molar-refractivity contribution in [3.05, 3.63) is 11.6 Å². The predicted molar refractivity (Wildman–Crippen MR) is 87.9 cm³/mol. The summed E-state index contributed by atoms with van der Waals surface area (Å²) in [6.45, 7) is 5.69. The molecule has 2 atom stereocenters. The van der Waals surface area contributed by atoms with Crippen LogP contribution >= 0.6 is 0 Å². The molecule has 1 aromatic heterocycles. The highest BCUT2D eigenvalue weighted by atomic mass is 32.2. The Hall–Kier alpha value is -0.990. The van der Waals surface area contributed by atoms with Gasteiger partial charge in [0.05, 0.1) is 6.54 Å². The minimum atomic E-state index is -3.45. The topological polar surface area (TPSA) is 71.3 Å². The lowest BCUT2D eigenvalue weighted by Gasteiger charge is -2.36. The molecule has 2 fully saturated rings. The maximum atomic E-state index is 12.8. The van der Waals surface area contributed by atoms with Crippen LogP contribution in [0.1, 0.15) is 50.7 Å². The monoisotopic (exact) mass is 341 g/mol. The second-order valence-electron chi connectivity index (χ2n) is 7.33. The molecule has 3 rings (SSSR count). The van der Waals surface area contributed by atoms with Crippen molar-refractivity contribution < 1.29 is 8.42 Å². The second-order valence-corrected chi connectivity index (χ2v) is 9.37. The summed E-state index contributed by atoms with van der Waals surface area (Å²) in [6.07, 6.45) is 3.40. The Morgan fingerprint density at radius 2 is 1.78 bits per heavy atom. The van der Waals surface area contributed by atoms with E-state index in [4.69, 9.17) is 0 Å². The van der Waals surface area contributed by atoms with Gasteiger partial charge in [-0.25, -0.2) is 0 Å². The Labute approximate surface area is 138 Å². The predicted octanol–water partition coefficient (Wildman–Crippen LogP) is 1.35. The lowest BCUT2D eigenvalue weighted by Crippen LogP contribution is -2.48. The average molecular weight is 341 g/mol. The smallest absolute Gasteiger partial charge is 0.282 e. The summed E-state index contributed by atoms with van der Waals surface area (Å²) in [5.41, 5.74) is 0. The van der Waals surface area contributed by atoms with Crippen LogP contribution in [0.5, 0.6) is 0 Å². The van der Waals surface area contributed by atoms with Gasteiger partial charge in [-0.05, 0) is 31.1 Å². The number of rotatable bonds is 5. The highest BCUT2D eigenvalue weighted by molar-refractivity contribution is 7.86. The zero-order chi connectivity index (χ0) is 16.8. The van der Waals surface area contributed by atoms with Crippen molar-refractivity contribution in [3.63, 3.8) is 0 Å². The zero-order valence-electron chi connectivity index (χ0n) is 14.4. The fourth-order valence-electron chi connectivity index (χ4n) is 3.48. The molecule has 7 nitrogen and oxygen atoms in total. The molecule has 2 heterocycles. The Kier molecular flexibility index (Phi) is 4.50. The Bertz CT molecular complexity index is 657. The van der Waals surface area contributed by atoms with Crippen LogP contribution in [0.4, 0.5) is 0 Å². The minimum absolute atomic E-state index is 0.262. The number of piperidine rings is 1. The summed E-state index contributed by atoms with van der Waals surface area (Å²) in [6, 6.07) is 0. The molecule has 0 bridgehead atoms. The summed E-state index contributed by atoms with van der Waals surface area (Å²) in [7, 11) is 0.102. The van der Waals surface area contributed by atoms with Crippen LogP contribution in [-0.4, -0.2) is 51.9 Å². The third-order valence-electron chi connectivity index (χ3n) is 4.86. The SMILES string of the molecule is CC1CC(C)CN(S(=O)(=O)N(C)Cc2nnc(C3CC3)n2C)C1.